The van der Waals surface area contributed by atoms with Crippen LogP contribution >= 0.6 is 22.7 Å². The molecule has 0 aliphatic rings. The average Bonchev–Trinajstić information content (AvgIpc) is 3.08. The third-order valence-electron chi connectivity index (χ3n) is 2.75. The zero-order chi connectivity index (χ0) is 14.1. The summed E-state index contributed by atoms with van der Waals surface area (Å²) in [6.45, 7) is 0.234. The summed E-state index contributed by atoms with van der Waals surface area (Å²) in [5, 5.41) is 3.51. The van der Waals surface area contributed by atoms with E-state index >= 15 is 0 Å². The van der Waals surface area contributed by atoms with Crippen molar-refractivity contribution in [2.75, 3.05) is 7.05 Å². The van der Waals surface area contributed by atoms with Gasteiger partial charge in [-0.25, -0.2) is 9.97 Å². The Hall–Kier alpha value is -2.06. The first-order chi connectivity index (χ1) is 9.65. The largest absolute Gasteiger partial charge is 0.333 e. The molecule has 0 aliphatic heterocycles. The molecule has 1 amide bonds. The van der Waals surface area contributed by atoms with Crippen molar-refractivity contribution in [3.05, 3.63) is 44.2 Å². The topological polar surface area (TPSA) is 79.0 Å². The highest BCUT2D eigenvalue weighted by atomic mass is 32.1. The minimum atomic E-state index is -0.195. The number of nitrogens with one attached hydrogen (secondary N) is 1. The van der Waals surface area contributed by atoms with Crippen molar-refractivity contribution >= 4 is 38.8 Å². The number of carbonyl (C=O) groups is 1. The maximum atomic E-state index is 12.1. The molecule has 0 fully saturated rings. The molecule has 8 heteroatoms. The first-order valence-corrected chi connectivity index (χ1v) is 7.57. The summed E-state index contributed by atoms with van der Waals surface area (Å²) in [6, 6.07) is 1.79. The van der Waals surface area contributed by atoms with Crippen LogP contribution in [0.1, 0.15) is 16.3 Å². The SMILES string of the molecule is CN(Cc1nc2ccsc2c(=O)[nH]1)C(=O)c1cscn1. The fourth-order valence-electron chi connectivity index (χ4n) is 1.81. The Morgan fingerprint density at radius 2 is 2.35 bits per heavy atom. The lowest BCUT2D eigenvalue weighted by Gasteiger charge is -2.14. The fourth-order valence-corrected chi connectivity index (χ4v) is 3.06. The van der Waals surface area contributed by atoms with Crippen LogP contribution in [0.2, 0.25) is 0 Å². The van der Waals surface area contributed by atoms with Crippen LogP contribution in [0, 0.1) is 0 Å². The molecule has 3 aromatic heterocycles. The van der Waals surface area contributed by atoms with E-state index < -0.39 is 0 Å². The number of thiazole rings is 1. The molecule has 0 aromatic carbocycles. The molecule has 3 aromatic rings. The third kappa shape index (κ3) is 2.35. The number of fused-ring (bicyclic) bond motifs is 1. The van der Waals surface area contributed by atoms with Crippen LogP contribution < -0.4 is 5.56 Å². The Kier molecular flexibility index (Phi) is 3.33. The molecule has 0 saturated carbocycles. The maximum Gasteiger partial charge on any atom is 0.273 e. The van der Waals surface area contributed by atoms with E-state index in [-0.39, 0.29) is 18.0 Å². The van der Waals surface area contributed by atoms with Crippen molar-refractivity contribution < 1.29 is 4.79 Å². The van der Waals surface area contributed by atoms with Gasteiger partial charge in [0.15, 0.2) is 0 Å². The van der Waals surface area contributed by atoms with Gasteiger partial charge in [0.2, 0.25) is 0 Å². The molecule has 0 unspecified atom stereocenters. The first kappa shape index (κ1) is 12.9. The van der Waals surface area contributed by atoms with E-state index in [1.54, 1.807) is 24.0 Å². The van der Waals surface area contributed by atoms with Gasteiger partial charge in [-0.3, -0.25) is 9.59 Å². The number of carbonyl (C=O) groups excluding carboxylic acids is 1. The summed E-state index contributed by atoms with van der Waals surface area (Å²) in [5.74, 6) is 0.270. The van der Waals surface area contributed by atoms with Crippen molar-refractivity contribution in [2.45, 2.75) is 6.54 Å². The number of aromatic nitrogens is 3. The molecular weight excluding hydrogens is 296 g/mol. The third-order valence-corrected chi connectivity index (χ3v) is 4.24. The summed E-state index contributed by atoms with van der Waals surface area (Å²) in [6.07, 6.45) is 0. The predicted octanol–water partition coefficient (Wildman–Crippen LogP) is 1.71. The van der Waals surface area contributed by atoms with Gasteiger partial charge in [0.25, 0.3) is 11.5 Å². The highest BCUT2D eigenvalue weighted by molar-refractivity contribution is 7.17. The fraction of sp³-hybridized carbons (Fsp3) is 0.167. The molecule has 0 spiro atoms. The average molecular weight is 306 g/mol. The van der Waals surface area contributed by atoms with Crippen molar-refractivity contribution in [2.24, 2.45) is 0 Å². The standard InChI is InChI=1S/C12H10N4O2S2/c1-16(12(18)8-5-19-6-13-8)4-9-14-7-2-3-20-10(7)11(17)15-9/h2-3,5-6H,4H2,1H3,(H,14,15,17). The Morgan fingerprint density at radius 3 is 3.10 bits per heavy atom. The van der Waals surface area contributed by atoms with Crippen LogP contribution in [0.4, 0.5) is 0 Å². The Balaban J connectivity index is 1.85. The van der Waals surface area contributed by atoms with E-state index in [0.717, 1.165) is 0 Å². The number of hydrogen-bond donors (Lipinski definition) is 1. The second-order valence-corrected chi connectivity index (χ2v) is 5.82. The van der Waals surface area contributed by atoms with Crippen molar-refractivity contribution in [1.82, 2.24) is 19.9 Å². The van der Waals surface area contributed by atoms with Crippen molar-refractivity contribution in [3.8, 4) is 0 Å². The van der Waals surface area contributed by atoms with Gasteiger partial charge < -0.3 is 9.88 Å². The zero-order valence-corrected chi connectivity index (χ0v) is 12.1. The van der Waals surface area contributed by atoms with E-state index in [1.165, 1.54) is 27.6 Å². The Labute approximate surface area is 121 Å². The van der Waals surface area contributed by atoms with E-state index in [4.69, 9.17) is 0 Å². The van der Waals surface area contributed by atoms with Gasteiger partial charge in [0.05, 0.1) is 17.6 Å². The molecule has 0 saturated heterocycles. The maximum absolute atomic E-state index is 12.1. The molecule has 0 aliphatic carbocycles. The highest BCUT2D eigenvalue weighted by Crippen LogP contribution is 2.14. The van der Waals surface area contributed by atoms with Crippen LogP contribution in [0.5, 0.6) is 0 Å². The number of aromatic amines is 1. The van der Waals surface area contributed by atoms with Crippen LogP contribution in [0.15, 0.2) is 27.1 Å². The van der Waals surface area contributed by atoms with E-state index in [0.29, 0.717) is 21.7 Å². The van der Waals surface area contributed by atoms with Gasteiger partial charge in [0.1, 0.15) is 16.2 Å². The van der Waals surface area contributed by atoms with Gasteiger partial charge in [-0.1, -0.05) is 0 Å². The summed E-state index contributed by atoms with van der Waals surface area (Å²) in [7, 11) is 1.65. The molecule has 6 nitrogen and oxygen atoms in total. The van der Waals surface area contributed by atoms with Gasteiger partial charge in [0, 0.05) is 12.4 Å². The lowest BCUT2D eigenvalue weighted by Crippen LogP contribution is -2.28. The zero-order valence-electron chi connectivity index (χ0n) is 10.5. The summed E-state index contributed by atoms with van der Waals surface area (Å²) in [4.78, 5) is 36.4. The summed E-state index contributed by atoms with van der Waals surface area (Å²) in [5.41, 5.74) is 2.49. The monoisotopic (exact) mass is 306 g/mol. The molecule has 3 rings (SSSR count). The quantitative estimate of drug-likeness (QED) is 0.799. The van der Waals surface area contributed by atoms with E-state index in [1.807, 2.05) is 5.38 Å². The van der Waals surface area contributed by atoms with Gasteiger partial charge in [-0.2, -0.15) is 0 Å². The second kappa shape index (κ2) is 5.14. The Bertz CT molecular complexity index is 806. The summed E-state index contributed by atoms with van der Waals surface area (Å²) < 4.78 is 0.599. The number of amides is 1. The number of nitrogens with zero attached hydrogens (tertiary/aromatic N) is 3. The van der Waals surface area contributed by atoms with Crippen molar-refractivity contribution in [1.29, 1.82) is 0 Å². The van der Waals surface area contributed by atoms with Crippen molar-refractivity contribution in [3.63, 3.8) is 0 Å². The minimum Gasteiger partial charge on any atom is -0.333 e. The smallest absolute Gasteiger partial charge is 0.273 e. The predicted molar refractivity (Wildman–Crippen MR) is 78.2 cm³/mol. The highest BCUT2D eigenvalue weighted by Gasteiger charge is 2.15. The van der Waals surface area contributed by atoms with E-state index in [9.17, 15) is 9.59 Å². The Morgan fingerprint density at radius 1 is 1.50 bits per heavy atom. The number of hydrogen-bond acceptors (Lipinski definition) is 6. The number of rotatable bonds is 3. The van der Waals surface area contributed by atoms with Crippen LogP contribution in [-0.4, -0.2) is 32.8 Å². The lowest BCUT2D eigenvalue weighted by molar-refractivity contribution is 0.0776. The first-order valence-electron chi connectivity index (χ1n) is 5.75. The molecular formula is C12H10N4O2S2. The second-order valence-electron chi connectivity index (χ2n) is 4.18. The molecule has 3 heterocycles. The van der Waals surface area contributed by atoms with E-state index in [2.05, 4.69) is 15.0 Å². The van der Waals surface area contributed by atoms with Crippen LogP contribution in [0.25, 0.3) is 10.2 Å². The normalized spacial score (nSPS) is 10.8. The van der Waals surface area contributed by atoms with Crippen LogP contribution in [0.3, 0.4) is 0 Å². The molecule has 0 radical (unpaired) electrons. The molecule has 20 heavy (non-hydrogen) atoms. The van der Waals surface area contributed by atoms with Gasteiger partial charge in [-0.05, 0) is 11.4 Å². The molecule has 1 N–H and O–H groups in total. The number of H-pyrrole nitrogens is 1. The summed E-state index contributed by atoms with van der Waals surface area (Å²) >= 11 is 2.72. The van der Waals surface area contributed by atoms with Gasteiger partial charge in [-0.15, -0.1) is 22.7 Å². The minimum absolute atomic E-state index is 0.172. The van der Waals surface area contributed by atoms with Crippen LogP contribution in [-0.2, 0) is 6.54 Å². The number of thiophene rings is 1. The van der Waals surface area contributed by atoms with Gasteiger partial charge >= 0.3 is 0 Å². The molecule has 0 atom stereocenters. The lowest BCUT2D eigenvalue weighted by atomic mass is 10.4. The molecule has 102 valence electrons. The molecule has 0 bridgehead atoms.